The van der Waals surface area contributed by atoms with E-state index < -0.39 is 0 Å². The Balaban J connectivity index is 2.26. The summed E-state index contributed by atoms with van der Waals surface area (Å²) in [4.78, 5) is 15.3. The second kappa shape index (κ2) is 9.45. The highest BCUT2D eigenvalue weighted by atomic mass is 35.5. The van der Waals surface area contributed by atoms with Crippen LogP contribution >= 0.6 is 11.6 Å². The largest absolute Gasteiger partial charge is 0.324 e. The smallest absolute Gasteiger partial charge is 0.246 e. The van der Waals surface area contributed by atoms with Crippen LogP contribution in [0, 0.1) is 0 Å². The van der Waals surface area contributed by atoms with Gasteiger partial charge in [0, 0.05) is 10.7 Å². The first kappa shape index (κ1) is 18.5. The van der Waals surface area contributed by atoms with E-state index in [1.54, 1.807) is 12.1 Å². The molecule has 0 radical (unpaired) electrons. The first-order chi connectivity index (χ1) is 11.7. The van der Waals surface area contributed by atoms with E-state index in [9.17, 15) is 4.79 Å². The summed E-state index contributed by atoms with van der Waals surface area (Å²) in [7, 11) is 0. The highest BCUT2D eigenvalue weighted by Gasteiger charge is 2.26. The summed E-state index contributed by atoms with van der Waals surface area (Å²) in [6.45, 7) is 6.06. The molecular weight excluding hydrogens is 320 g/mol. The van der Waals surface area contributed by atoms with Crippen molar-refractivity contribution in [1.82, 2.24) is 4.90 Å². The molecule has 0 aliphatic carbocycles. The zero-order valence-electron chi connectivity index (χ0n) is 14.3. The van der Waals surface area contributed by atoms with Gasteiger partial charge >= 0.3 is 0 Å². The second-order valence-electron chi connectivity index (χ2n) is 5.85. The van der Waals surface area contributed by atoms with Crippen molar-refractivity contribution in [2.45, 2.75) is 32.7 Å². The monoisotopic (exact) mass is 344 g/mol. The highest BCUT2D eigenvalue weighted by molar-refractivity contribution is 6.30. The van der Waals surface area contributed by atoms with Crippen LogP contribution in [0.2, 0.25) is 5.02 Å². The standard InChI is InChI=1S/C20H25ClN2O/c1-3-14-23(15-4-2)19(16-8-6-5-7-9-16)20(24)22-18-12-10-17(21)11-13-18/h5-13,19H,3-4,14-15H2,1-2H3,(H,22,24)/t19-/m0/s1. The van der Waals surface area contributed by atoms with Gasteiger partial charge in [0.15, 0.2) is 0 Å². The van der Waals surface area contributed by atoms with Crippen molar-refractivity contribution in [3.8, 4) is 0 Å². The number of carbonyl (C=O) groups excluding carboxylic acids is 1. The van der Waals surface area contributed by atoms with Gasteiger partial charge in [-0.3, -0.25) is 9.69 Å². The average molecular weight is 345 g/mol. The third-order valence-electron chi connectivity index (χ3n) is 3.86. The Bertz CT molecular complexity index is 622. The van der Waals surface area contributed by atoms with Crippen molar-refractivity contribution in [3.63, 3.8) is 0 Å². The van der Waals surface area contributed by atoms with Gasteiger partial charge in [-0.1, -0.05) is 55.8 Å². The van der Waals surface area contributed by atoms with E-state index >= 15 is 0 Å². The summed E-state index contributed by atoms with van der Waals surface area (Å²) >= 11 is 5.92. The topological polar surface area (TPSA) is 32.3 Å². The Labute approximate surface area is 149 Å². The van der Waals surface area contributed by atoms with Gasteiger partial charge < -0.3 is 5.32 Å². The number of hydrogen-bond acceptors (Lipinski definition) is 2. The molecule has 0 aromatic heterocycles. The molecular formula is C20H25ClN2O. The molecule has 3 nitrogen and oxygen atoms in total. The number of halogens is 1. The Morgan fingerprint density at radius 3 is 2.12 bits per heavy atom. The first-order valence-corrected chi connectivity index (χ1v) is 8.89. The molecule has 0 saturated carbocycles. The van der Waals surface area contributed by atoms with Crippen molar-refractivity contribution in [1.29, 1.82) is 0 Å². The number of amides is 1. The van der Waals surface area contributed by atoms with Crippen molar-refractivity contribution in [2.75, 3.05) is 18.4 Å². The molecule has 2 aromatic carbocycles. The van der Waals surface area contributed by atoms with Crippen molar-refractivity contribution in [2.24, 2.45) is 0 Å². The quantitative estimate of drug-likeness (QED) is 0.719. The number of nitrogens with one attached hydrogen (secondary N) is 1. The fraction of sp³-hybridized carbons (Fsp3) is 0.350. The molecule has 24 heavy (non-hydrogen) atoms. The van der Waals surface area contributed by atoms with Gasteiger partial charge in [-0.25, -0.2) is 0 Å². The molecule has 128 valence electrons. The van der Waals surface area contributed by atoms with E-state index in [0.29, 0.717) is 5.02 Å². The molecule has 0 bridgehead atoms. The lowest BCUT2D eigenvalue weighted by Crippen LogP contribution is -2.38. The normalized spacial score (nSPS) is 12.2. The molecule has 0 heterocycles. The van der Waals surface area contributed by atoms with Gasteiger partial charge in [-0.2, -0.15) is 0 Å². The van der Waals surface area contributed by atoms with Crippen LogP contribution < -0.4 is 5.32 Å². The van der Waals surface area contributed by atoms with Crippen LogP contribution in [0.15, 0.2) is 54.6 Å². The summed E-state index contributed by atoms with van der Waals surface area (Å²) in [5, 5.41) is 3.68. The predicted molar refractivity (Wildman–Crippen MR) is 101 cm³/mol. The van der Waals surface area contributed by atoms with Crippen molar-refractivity contribution >= 4 is 23.2 Å². The van der Waals surface area contributed by atoms with Crippen molar-refractivity contribution < 1.29 is 4.79 Å². The number of nitrogens with zero attached hydrogens (tertiary/aromatic N) is 1. The number of rotatable bonds is 8. The SMILES string of the molecule is CCCN(CCC)[C@H](C(=O)Nc1ccc(Cl)cc1)c1ccccc1. The van der Waals surface area contributed by atoms with Crippen LogP contribution in [-0.4, -0.2) is 23.9 Å². The van der Waals surface area contributed by atoms with E-state index in [1.807, 2.05) is 42.5 Å². The van der Waals surface area contributed by atoms with Crippen LogP contribution in [-0.2, 0) is 4.79 Å². The number of benzene rings is 2. The van der Waals surface area contributed by atoms with E-state index in [4.69, 9.17) is 11.6 Å². The minimum atomic E-state index is -0.290. The Hall–Kier alpha value is -1.84. The molecule has 4 heteroatoms. The molecule has 1 N–H and O–H groups in total. The van der Waals surface area contributed by atoms with Gasteiger partial charge in [0.1, 0.15) is 6.04 Å². The maximum atomic E-state index is 13.0. The zero-order chi connectivity index (χ0) is 17.4. The third-order valence-corrected chi connectivity index (χ3v) is 4.11. The van der Waals surface area contributed by atoms with E-state index in [1.165, 1.54) is 0 Å². The molecule has 1 amide bonds. The summed E-state index contributed by atoms with van der Waals surface area (Å²) in [5.41, 5.74) is 1.78. The third kappa shape index (κ3) is 5.08. The maximum absolute atomic E-state index is 13.0. The molecule has 2 rings (SSSR count). The molecule has 0 aliphatic heterocycles. The molecule has 0 spiro atoms. The lowest BCUT2D eigenvalue weighted by atomic mass is 10.0. The molecule has 2 aromatic rings. The first-order valence-electron chi connectivity index (χ1n) is 8.51. The maximum Gasteiger partial charge on any atom is 0.246 e. The van der Waals surface area contributed by atoms with Crippen LogP contribution in [0.25, 0.3) is 0 Å². The van der Waals surface area contributed by atoms with Crippen LogP contribution in [0.4, 0.5) is 5.69 Å². The number of carbonyl (C=O) groups is 1. The Kier molecular flexibility index (Phi) is 7.29. The van der Waals surface area contributed by atoms with Gasteiger partial charge in [0.25, 0.3) is 0 Å². The summed E-state index contributed by atoms with van der Waals surface area (Å²) < 4.78 is 0. The lowest BCUT2D eigenvalue weighted by Gasteiger charge is -2.30. The average Bonchev–Trinajstić information content (AvgIpc) is 2.58. The minimum Gasteiger partial charge on any atom is -0.324 e. The zero-order valence-corrected chi connectivity index (χ0v) is 15.1. The molecule has 0 saturated heterocycles. The van der Waals surface area contributed by atoms with Crippen LogP contribution in [0.1, 0.15) is 38.3 Å². The van der Waals surface area contributed by atoms with Crippen molar-refractivity contribution in [3.05, 3.63) is 65.2 Å². The van der Waals surface area contributed by atoms with Gasteiger partial charge in [-0.05, 0) is 55.8 Å². The summed E-state index contributed by atoms with van der Waals surface area (Å²) in [6, 6.07) is 16.9. The molecule has 0 fully saturated rings. The number of hydrogen-bond donors (Lipinski definition) is 1. The Morgan fingerprint density at radius 1 is 1.00 bits per heavy atom. The minimum absolute atomic E-state index is 0.00887. The van der Waals surface area contributed by atoms with Gasteiger partial charge in [0.05, 0.1) is 0 Å². The Morgan fingerprint density at radius 2 is 1.58 bits per heavy atom. The van der Waals surface area contributed by atoms with Crippen LogP contribution in [0.3, 0.4) is 0 Å². The second-order valence-corrected chi connectivity index (χ2v) is 6.28. The van der Waals surface area contributed by atoms with E-state index in [0.717, 1.165) is 37.2 Å². The summed E-state index contributed by atoms with van der Waals surface area (Å²) in [6.07, 6.45) is 2.02. The lowest BCUT2D eigenvalue weighted by molar-refractivity contribution is -0.121. The predicted octanol–water partition coefficient (Wildman–Crippen LogP) is 5.14. The van der Waals surface area contributed by atoms with Gasteiger partial charge in [-0.15, -0.1) is 0 Å². The fourth-order valence-corrected chi connectivity index (χ4v) is 2.98. The molecule has 0 unspecified atom stereocenters. The van der Waals surface area contributed by atoms with Crippen LogP contribution in [0.5, 0.6) is 0 Å². The summed E-state index contributed by atoms with van der Waals surface area (Å²) in [5.74, 6) is -0.00887. The molecule has 0 aliphatic rings. The van der Waals surface area contributed by atoms with E-state index in [-0.39, 0.29) is 11.9 Å². The molecule has 1 atom stereocenters. The van der Waals surface area contributed by atoms with E-state index in [2.05, 4.69) is 24.1 Å². The fourth-order valence-electron chi connectivity index (χ4n) is 2.85. The van der Waals surface area contributed by atoms with Gasteiger partial charge in [0.2, 0.25) is 5.91 Å². The number of anilines is 1. The highest BCUT2D eigenvalue weighted by Crippen LogP contribution is 2.24.